The molecule has 7 heteroatoms. The van der Waals surface area contributed by atoms with Crippen molar-refractivity contribution >= 4 is 33.1 Å². The molecular weight excluding hydrogens is 319 g/mol. The molecule has 0 saturated carbocycles. The summed E-state index contributed by atoms with van der Waals surface area (Å²) in [5, 5.41) is 14.5. The van der Waals surface area contributed by atoms with Gasteiger partial charge in [-0.15, -0.1) is 11.3 Å². The summed E-state index contributed by atoms with van der Waals surface area (Å²) in [5.74, 6) is -1.62. The van der Waals surface area contributed by atoms with Gasteiger partial charge < -0.3 is 15.0 Å². The minimum atomic E-state index is -0.768. The number of amides is 1. The van der Waals surface area contributed by atoms with Crippen molar-refractivity contribution in [3.8, 4) is 5.75 Å². The Morgan fingerprint density at radius 2 is 2.17 bits per heavy atom. The number of anilines is 1. The molecule has 0 aliphatic carbocycles. The standard InChI is InChI=1S/C16H13FN2O3S/c1-2-19-11-6-7-23-14(11)13(20)12(16(19)22)15(21)18-10-5-3-4-9(17)8-10/h3-8,20H,2H2,1H3,(H,18,21). The number of nitrogens with zero attached hydrogens (tertiary/aromatic N) is 1. The summed E-state index contributed by atoms with van der Waals surface area (Å²) in [4.78, 5) is 24.9. The Balaban J connectivity index is 2.12. The van der Waals surface area contributed by atoms with Gasteiger partial charge in [0.1, 0.15) is 11.4 Å². The molecule has 0 atom stereocenters. The van der Waals surface area contributed by atoms with Crippen LogP contribution in [0.15, 0.2) is 40.5 Å². The highest BCUT2D eigenvalue weighted by Gasteiger charge is 2.22. The normalized spacial score (nSPS) is 10.9. The van der Waals surface area contributed by atoms with Gasteiger partial charge in [0.15, 0.2) is 5.75 Å². The number of carbonyl (C=O) groups is 1. The molecule has 0 aliphatic heterocycles. The zero-order valence-electron chi connectivity index (χ0n) is 12.2. The Labute approximate surface area is 134 Å². The lowest BCUT2D eigenvalue weighted by molar-refractivity contribution is 0.102. The third-order valence-electron chi connectivity index (χ3n) is 3.47. The molecule has 3 aromatic rings. The van der Waals surface area contributed by atoms with Crippen LogP contribution < -0.4 is 10.9 Å². The number of hydrogen-bond donors (Lipinski definition) is 2. The molecule has 5 nitrogen and oxygen atoms in total. The first kappa shape index (κ1) is 15.2. The van der Waals surface area contributed by atoms with Gasteiger partial charge >= 0.3 is 0 Å². The van der Waals surface area contributed by atoms with Crippen LogP contribution >= 0.6 is 11.3 Å². The Kier molecular flexibility index (Phi) is 3.87. The minimum Gasteiger partial charge on any atom is -0.505 e. The number of benzene rings is 1. The topological polar surface area (TPSA) is 71.3 Å². The monoisotopic (exact) mass is 332 g/mol. The van der Waals surface area contributed by atoms with Crippen LogP contribution in [-0.4, -0.2) is 15.6 Å². The molecule has 2 heterocycles. The van der Waals surface area contributed by atoms with E-state index >= 15 is 0 Å². The highest BCUT2D eigenvalue weighted by molar-refractivity contribution is 7.17. The molecule has 2 N–H and O–H groups in total. The van der Waals surface area contributed by atoms with Gasteiger partial charge in [-0.2, -0.15) is 0 Å². The first-order valence-electron chi connectivity index (χ1n) is 6.92. The maximum atomic E-state index is 13.2. The highest BCUT2D eigenvalue weighted by atomic mass is 32.1. The molecule has 23 heavy (non-hydrogen) atoms. The summed E-state index contributed by atoms with van der Waals surface area (Å²) in [6.07, 6.45) is 0. The van der Waals surface area contributed by atoms with Gasteiger partial charge in [0.2, 0.25) is 0 Å². The van der Waals surface area contributed by atoms with Crippen molar-refractivity contribution in [2.45, 2.75) is 13.5 Å². The fourth-order valence-electron chi connectivity index (χ4n) is 2.43. The maximum Gasteiger partial charge on any atom is 0.267 e. The number of fused-ring (bicyclic) bond motifs is 1. The summed E-state index contributed by atoms with van der Waals surface area (Å²) < 4.78 is 15.1. The predicted molar refractivity (Wildman–Crippen MR) is 87.8 cm³/mol. The first-order chi connectivity index (χ1) is 11.0. The maximum absolute atomic E-state index is 13.2. The van der Waals surface area contributed by atoms with Crippen molar-refractivity contribution in [3.63, 3.8) is 0 Å². The van der Waals surface area contributed by atoms with Crippen molar-refractivity contribution in [1.29, 1.82) is 0 Å². The lowest BCUT2D eigenvalue weighted by Crippen LogP contribution is -2.29. The van der Waals surface area contributed by atoms with E-state index in [1.165, 1.54) is 34.1 Å². The fourth-order valence-corrected chi connectivity index (χ4v) is 3.28. The number of thiophene rings is 1. The van der Waals surface area contributed by atoms with Crippen LogP contribution in [0.4, 0.5) is 10.1 Å². The van der Waals surface area contributed by atoms with E-state index in [1.54, 1.807) is 18.4 Å². The average molecular weight is 332 g/mol. The zero-order valence-corrected chi connectivity index (χ0v) is 13.0. The molecular formula is C16H13FN2O3S. The molecule has 0 spiro atoms. The van der Waals surface area contributed by atoms with Crippen LogP contribution in [0.2, 0.25) is 0 Å². The summed E-state index contributed by atoms with van der Waals surface area (Å²) in [7, 11) is 0. The van der Waals surface area contributed by atoms with E-state index in [-0.39, 0.29) is 17.0 Å². The summed E-state index contributed by atoms with van der Waals surface area (Å²) in [6, 6.07) is 7.04. The second-order valence-corrected chi connectivity index (χ2v) is 5.79. The van der Waals surface area contributed by atoms with Crippen LogP contribution in [0.25, 0.3) is 10.2 Å². The van der Waals surface area contributed by atoms with Crippen molar-refractivity contribution in [2.75, 3.05) is 5.32 Å². The van der Waals surface area contributed by atoms with Crippen LogP contribution in [-0.2, 0) is 6.54 Å². The molecule has 1 amide bonds. The van der Waals surface area contributed by atoms with Crippen molar-refractivity contribution < 1.29 is 14.3 Å². The summed E-state index contributed by atoms with van der Waals surface area (Å²) >= 11 is 1.24. The number of aromatic hydroxyl groups is 1. The van der Waals surface area contributed by atoms with Crippen LogP contribution in [0.5, 0.6) is 5.75 Å². The Morgan fingerprint density at radius 1 is 1.39 bits per heavy atom. The molecule has 1 aromatic carbocycles. The quantitative estimate of drug-likeness (QED) is 0.774. The summed E-state index contributed by atoms with van der Waals surface area (Å²) in [5.41, 5.74) is -0.124. The van der Waals surface area contributed by atoms with Gasteiger partial charge in [0.05, 0.1) is 10.2 Å². The lowest BCUT2D eigenvalue weighted by Gasteiger charge is -2.11. The number of nitrogens with one attached hydrogen (secondary N) is 1. The summed E-state index contributed by atoms with van der Waals surface area (Å²) in [6.45, 7) is 2.15. The molecule has 0 bridgehead atoms. The Bertz CT molecular complexity index is 962. The average Bonchev–Trinajstić information content (AvgIpc) is 2.97. The first-order valence-corrected chi connectivity index (χ1v) is 7.80. The van der Waals surface area contributed by atoms with Crippen LogP contribution in [0.3, 0.4) is 0 Å². The SMILES string of the molecule is CCn1c(=O)c(C(=O)Nc2cccc(F)c2)c(O)c2sccc21. The second-order valence-electron chi connectivity index (χ2n) is 4.87. The zero-order chi connectivity index (χ0) is 16.6. The van der Waals surface area contributed by atoms with E-state index in [4.69, 9.17) is 0 Å². The van der Waals surface area contributed by atoms with E-state index < -0.39 is 17.3 Å². The van der Waals surface area contributed by atoms with Crippen molar-refractivity contribution in [1.82, 2.24) is 4.57 Å². The largest absolute Gasteiger partial charge is 0.505 e. The van der Waals surface area contributed by atoms with Gasteiger partial charge in [-0.25, -0.2) is 4.39 Å². The van der Waals surface area contributed by atoms with Crippen molar-refractivity contribution in [2.24, 2.45) is 0 Å². The predicted octanol–water partition coefficient (Wildman–Crippen LogP) is 3.18. The van der Waals surface area contributed by atoms with Crippen LogP contribution in [0.1, 0.15) is 17.3 Å². The van der Waals surface area contributed by atoms with Crippen molar-refractivity contribution in [3.05, 3.63) is 57.4 Å². The molecule has 0 fully saturated rings. The Morgan fingerprint density at radius 3 is 2.87 bits per heavy atom. The molecule has 118 valence electrons. The van der Waals surface area contributed by atoms with Gasteiger partial charge in [0.25, 0.3) is 11.5 Å². The van der Waals surface area contributed by atoms with Gasteiger partial charge in [0, 0.05) is 12.2 Å². The van der Waals surface area contributed by atoms with E-state index in [1.807, 2.05) is 0 Å². The van der Waals surface area contributed by atoms with E-state index in [2.05, 4.69) is 5.32 Å². The van der Waals surface area contributed by atoms with Gasteiger partial charge in [-0.05, 0) is 36.6 Å². The molecule has 2 aromatic heterocycles. The number of rotatable bonds is 3. The number of aryl methyl sites for hydroxylation is 1. The molecule has 0 saturated heterocycles. The number of halogens is 1. The number of pyridine rings is 1. The van der Waals surface area contributed by atoms with Gasteiger partial charge in [-0.3, -0.25) is 9.59 Å². The highest BCUT2D eigenvalue weighted by Crippen LogP contribution is 2.31. The number of hydrogen-bond acceptors (Lipinski definition) is 4. The lowest BCUT2D eigenvalue weighted by atomic mass is 10.2. The molecule has 0 radical (unpaired) electrons. The molecule has 0 aliphatic rings. The molecule has 0 unspecified atom stereocenters. The molecule has 3 rings (SSSR count). The third-order valence-corrected chi connectivity index (χ3v) is 4.38. The van der Waals surface area contributed by atoms with E-state index in [0.29, 0.717) is 16.8 Å². The van der Waals surface area contributed by atoms with E-state index in [0.717, 1.165) is 6.07 Å². The minimum absolute atomic E-state index is 0.211. The van der Waals surface area contributed by atoms with Gasteiger partial charge in [-0.1, -0.05) is 6.07 Å². The number of carbonyl (C=O) groups excluding carboxylic acids is 1. The Hall–Kier alpha value is -2.67. The number of aromatic nitrogens is 1. The van der Waals surface area contributed by atoms with E-state index in [9.17, 15) is 19.1 Å². The fraction of sp³-hybridized carbons (Fsp3) is 0.125. The van der Waals surface area contributed by atoms with Crippen LogP contribution in [0, 0.1) is 5.82 Å². The smallest absolute Gasteiger partial charge is 0.267 e. The second kappa shape index (κ2) is 5.85. The third kappa shape index (κ3) is 2.59.